The molecule has 1 aromatic heterocycles. The number of nitrogens with one attached hydrogen (secondary N) is 1. The van der Waals surface area contributed by atoms with E-state index in [0.717, 1.165) is 25.5 Å². The summed E-state index contributed by atoms with van der Waals surface area (Å²) in [6, 6.07) is 4.13. The third-order valence-electron chi connectivity index (χ3n) is 2.28. The van der Waals surface area contributed by atoms with Crippen molar-refractivity contribution < 1.29 is 0 Å². The summed E-state index contributed by atoms with van der Waals surface area (Å²) in [7, 11) is 2.15. The van der Waals surface area contributed by atoms with Crippen molar-refractivity contribution in [2.24, 2.45) is 0 Å². The fraction of sp³-hybridized carbons (Fsp3) is 0.583. The van der Waals surface area contributed by atoms with E-state index in [1.54, 1.807) is 0 Å². The maximum absolute atomic E-state index is 4.34. The van der Waals surface area contributed by atoms with Gasteiger partial charge in [0.1, 0.15) is 5.82 Å². The van der Waals surface area contributed by atoms with Gasteiger partial charge in [-0.25, -0.2) is 4.98 Å². The largest absolute Gasteiger partial charge is 0.370 e. The zero-order valence-electron chi connectivity index (χ0n) is 9.95. The topological polar surface area (TPSA) is 28.2 Å². The normalized spacial score (nSPS) is 10.7. The van der Waals surface area contributed by atoms with E-state index in [4.69, 9.17) is 0 Å². The van der Waals surface area contributed by atoms with Gasteiger partial charge < -0.3 is 10.2 Å². The first-order valence-electron chi connectivity index (χ1n) is 5.64. The summed E-state index contributed by atoms with van der Waals surface area (Å²) in [5.74, 6) is 1.02. The minimum absolute atomic E-state index is 0.918. The van der Waals surface area contributed by atoms with Crippen LogP contribution in [0.5, 0.6) is 0 Å². The number of nitrogens with zero attached hydrogens (tertiary/aromatic N) is 2. The standard InChI is InChI=1S/C12H21N3/c1-4-9-15(3)10-11-7-6-8-14-12(11)13-5-2/h6-8H,4-5,9-10H2,1-3H3,(H,13,14). The number of rotatable bonds is 6. The zero-order valence-corrected chi connectivity index (χ0v) is 9.95. The number of hydrogen-bond donors (Lipinski definition) is 1. The van der Waals surface area contributed by atoms with Gasteiger partial charge in [0, 0.05) is 24.8 Å². The van der Waals surface area contributed by atoms with E-state index in [-0.39, 0.29) is 0 Å². The molecule has 0 spiro atoms. The van der Waals surface area contributed by atoms with Crippen LogP contribution in [0.3, 0.4) is 0 Å². The quantitative estimate of drug-likeness (QED) is 0.776. The van der Waals surface area contributed by atoms with Crippen molar-refractivity contribution in [3.05, 3.63) is 23.9 Å². The van der Waals surface area contributed by atoms with Crippen molar-refractivity contribution >= 4 is 5.82 Å². The first-order valence-corrected chi connectivity index (χ1v) is 5.64. The number of pyridine rings is 1. The molecule has 0 aromatic carbocycles. The fourth-order valence-corrected chi connectivity index (χ4v) is 1.64. The molecule has 1 heterocycles. The van der Waals surface area contributed by atoms with Crippen LogP contribution in [-0.4, -0.2) is 30.0 Å². The third-order valence-corrected chi connectivity index (χ3v) is 2.28. The van der Waals surface area contributed by atoms with Crippen molar-refractivity contribution in [2.75, 3.05) is 25.5 Å². The number of hydrogen-bond acceptors (Lipinski definition) is 3. The Morgan fingerprint density at radius 1 is 1.40 bits per heavy atom. The lowest BCUT2D eigenvalue weighted by Crippen LogP contribution is -2.19. The Labute approximate surface area is 92.5 Å². The maximum atomic E-state index is 4.34. The summed E-state index contributed by atoms with van der Waals surface area (Å²) in [5, 5.41) is 3.29. The lowest BCUT2D eigenvalue weighted by molar-refractivity contribution is 0.327. The van der Waals surface area contributed by atoms with Gasteiger partial charge in [0.05, 0.1) is 0 Å². The molecule has 1 N–H and O–H groups in total. The van der Waals surface area contributed by atoms with E-state index < -0.39 is 0 Å². The molecule has 0 fully saturated rings. The number of anilines is 1. The molecule has 0 radical (unpaired) electrons. The van der Waals surface area contributed by atoms with Gasteiger partial charge in [-0.05, 0) is 33.0 Å². The predicted octanol–water partition coefficient (Wildman–Crippen LogP) is 2.36. The lowest BCUT2D eigenvalue weighted by Gasteiger charge is -2.17. The highest BCUT2D eigenvalue weighted by atomic mass is 15.1. The zero-order chi connectivity index (χ0) is 11.1. The van der Waals surface area contributed by atoms with Gasteiger partial charge in [-0.1, -0.05) is 13.0 Å². The van der Waals surface area contributed by atoms with Crippen molar-refractivity contribution in [1.29, 1.82) is 0 Å². The second-order valence-corrected chi connectivity index (χ2v) is 3.78. The van der Waals surface area contributed by atoms with Crippen LogP contribution in [0.25, 0.3) is 0 Å². The van der Waals surface area contributed by atoms with E-state index in [9.17, 15) is 0 Å². The van der Waals surface area contributed by atoms with Crippen molar-refractivity contribution in [3.8, 4) is 0 Å². The van der Waals surface area contributed by atoms with Crippen LogP contribution in [-0.2, 0) is 6.54 Å². The Balaban J connectivity index is 2.66. The monoisotopic (exact) mass is 207 g/mol. The van der Waals surface area contributed by atoms with Gasteiger partial charge in [-0.2, -0.15) is 0 Å². The van der Waals surface area contributed by atoms with Crippen LogP contribution < -0.4 is 5.32 Å². The SMILES string of the molecule is CCCN(C)Cc1cccnc1NCC. The number of aromatic nitrogens is 1. The molecule has 15 heavy (non-hydrogen) atoms. The van der Waals surface area contributed by atoms with Gasteiger partial charge in [-0.15, -0.1) is 0 Å². The van der Waals surface area contributed by atoms with E-state index in [2.05, 4.69) is 42.2 Å². The molecule has 0 aliphatic carbocycles. The van der Waals surface area contributed by atoms with Gasteiger partial charge in [0.2, 0.25) is 0 Å². The van der Waals surface area contributed by atoms with Gasteiger partial charge in [-0.3, -0.25) is 0 Å². The van der Waals surface area contributed by atoms with Crippen LogP contribution in [0.15, 0.2) is 18.3 Å². The molecule has 0 amide bonds. The van der Waals surface area contributed by atoms with Crippen LogP contribution in [0.1, 0.15) is 25.8 Å². The van der Waals surface area contributed by atoms with E-state index in [1.807, 2.05) is 12.3 Å². The van der Waals surface area contributed by atoms with E-state index in [1.165, 1.54) is 12.0 Å². The summed E-state index contributed by atoms with van der Waals surface area (Å²) in [6.07, 6.45) is 3.02. The second kappa shape index (κ2) is 6.40. The highest BCUT2D eigenvalue weighted by Gasteiger charge is 2.04. The molecule has 1 rings (SSSR count). The molecule has 0 unspecified atom stereocenters. The summed E-state index contributed by atoms with van der Waals surface area (Å²) in [5.41, 5.74) is 1.27. The molecule has 0 saturated carbocycles. The highest BCUT2D eigenvalue weighted by molar-refractivity contribution is 5.43. The molecule has 0 aliphatic heterocycles. The van der Waals surface area contributed by atoms with Gasteiger partial charge >= 0.3 is 0 Å². The Morgan fingerprint density at radius 2 is 2.20 bits per heavy atom. The lowest BCUT2D eigenvalue weighted by atomic mass is 10.2. The molecule has 3 heteroatoms. The molecule has 0 bridgehead atoms. The first-order chi connectivity index (χ1) is 7.27. The van der Waals surface area contributed by atoms with Crippen LogP contribution in [0.2, 0.25) is 0 Å². The van der Waals surface area contributed by atoms with Crippen molar-refractivity contribution in [1.82, 2.24) is 9.88 Å². The Kier molecular flexibility index (Phi) is 5.12. The molecule has 0 aliphatic rings. The van der Waals surface area contributed by atoms with Gasteiger partial charge in [0.25, 0.3) is 0 Å². The van der Waals surface area contributed by atoms with Gasteiger partial charge in [0.15, 0.2) is 0 Å². The Hall–Kier alpha value is -1.09. The molecular formula is C12H21N3. The van der Waals surface area contributed by atoms with Crippen LogP contribution in [0, 0.1) is 0 Å². The molecular weight excluding hydrogens is 186 g/mol. The molecule has 0 saturated heterocycles. The Bertz CT molecular complexity index is 286. The van der Waals surface area contributed by atoms with Crippen molar-refractivity contribution in [3.63, 3.8) is 0 Å². The summed E-state index contributed by atoms with van der Waals surface area (Å²) in [6.45, 7) is 7.30. The minimum Gasteiger partial charge on any atom is -0.370 e. The summed E-state index contributed by atoms with van der Waals surface area (Å²) in [4.78, 5) is 6.66. The predicted molar refractivity (Wildman–Crippen MR) is 65.0 cm³/mol. The average Bonchev–Trinajstić information content (AvgIpc) is 2.21. The maximum Gasteiger partial charge on any atom is 0.130 e. The first kappa shape index (κ1) is 12.0. The highest BCUT2D eigenvalue weighted by Crippen LogP contribution is 2.13. The molecule has 0 atom stereocenters. The molecule has 84 valence electrons. The summed E-state index contributed by atoms with van der Waals surface area (Å²) < 4.78 is 0. The third kappa shape index (κ3) is 3.88. The second-order valence-electron chi connectivity index (χ2n) is 3.78. The van der Waals surface area contributed by atoms with Crippen molar-refractivity contribution in [2.45, 2.75) is 26.8 Å². The minimum atomic E-state index is 0.918. The average molecular weight is 207 g/mol. The van der Waals surface area contributed by atoms with Crippen LogP contribution in [0.4, 0.5) is 5.82 Å². The van der Waals surface area contributed by atoms with E-state index in [0.29, 0.717) is 0 Å². The summed E-state index contributed by atoms with van der Waals surface area (Å²) >= 11 is 0. The van der Waals surface area contributed by atoms with E-state index >= 15 is 0 Å². The fourth-order valence-electron chi connectivity index (χ4n) is 1.64. The molecule has 3 nitrogen and oxygen atoms in total. The smallest absolute Gasteiger partial charge is 0.130 e. The van der Waals surface area contributed by atoms with Crippen LogP contribution >= 0.6 is 0 Å². The molecule has 1 aromatic rings. The Morgan fingerprint density at radius 3 is 2.87 bits per heavy atom.